The van der Waals surface area contributed by atoms with Crippen molar-refractivity contribution in [1.29, 1.82) is 0 Å². The minimum atomic E-state index is -4.15. The summed E-state index contributed by atoms with van der Waals surface area (Å²) in [6.45, 7) is 3.48. The summed E-state index contributed by atoms with van der Waals surface area (Å²) >= 11 is 1.41. The van der Waals surface area contributed by atoms with E-state index in [-0.39, 0.29) is 6.42 Å². The Morgan fingerprint density at radius 3 is 2.31 bits per heavy atom. The van der Waals surface area contributed by atoms with Crippen molar-refractivity contribution in [3.8, 4) is 0 Å². The van der Waals surface area contributed by atoms with Crippen LogP contribution in [0.4, 0.5) is 13.2 Å². The number of alkyl halides is 3. The monoisotopic (exact) mass is 211 g/mol. The molecule has 0 saturated carbocycles. The molecule has 4 heteroatoms. The van der Waals surface area contributed by atoms with Crippen LogP contribution in [0.3, 0.4) is 0 Å². The molecule has 0 fully saturated rings. The van der Waals surface area contributed by atoms with Gasteiger partial charge in [-0.25, -0.2) is 0 Å². The maximum Gasteiger partial charge on any atom is 0.412 e. The second-order valence-electron chi connectivity index (χ2n) is 2.49. The lowest BCUT2D eigenvalue weighted by atomic mass is 10.2. The molecule has 1 radical (unpaired) electrons. The quantitative estimate of drug-likeness (QED) is 0.485. The van der Waals surface area contributed by atoms with Crippen molar-refractivity contribution in [3.63, 3.8) is 0 Å². The van der Waals surface area contributed by atoms with Gasteiger partial charge in [0.05, 0.1) is 0 Å². The van der Waals surface area contributed by atoms with Crippen molar-refractivity contribution in [2.75, 3.05) is 5.75 Å². The molecule has 0 rings (SSSR count). The molecule has 0 unspecified atom stereocenters. The van der Waals surface area contributed by atoms with Crippen molar-refractivity contribution in [3.05, 3.63) is 17.4 Å². The summed E-state index contributed by atoms with van der Waals surface area (Å²) in [6.07, 6.45) is -1.96. The molecule has 0 atom stereocenters. The number of hydrogen-bond acceptors (Lipinski definition) is 1. The lowest BCUT2D eigenvalue weighted by Crippen LogP contribution is -2.11. The molecule has 0 nitrogen and oxygen atoms in total. The fourth-order valence-electron chi connectivity index (χ4n) is 0.795. The van der Waals surface area contributed by atoms with Crippen molar-refractivity contribution in [1.82, 2.24) is 0 Å². The minimum absolute atomic E-state index is 0.0518. The molecule has 0 spiro atoms. The van der Waals surface area contributed by atoms with E-state index in [1.807, 2.05) is 12.7 Å². The Morgan fingerprint density at radius 2 is 1.92 bits per heavy atom. The third-order valence-corrected chi connectivity index (χ3v) is 2.38. The number of halogens is 3. The van der Waals surface area contributed by atoms with Gasteiger partial charge in [-0.05, 0) is 12.8 Å². The van der Waals surface area contributed by atoms with Crippen LogP contribution in [0, 0.1) is 5.75 Å². The maximum atomic E-state index is 12.1. The van der Waals surface area contributed by atoms with Gasteiger partial charge < -0.3 is 0 Å². The van der Waals surface area contributed by atoms with Crippen molar-refractivity contribution < 1.29 is 13.2 Å². The lowest BCUT2D eigenvalue weighted by Gasteiger charge is -2.08. The molecule has 0 aromatic heterocycles. The Labute approximate surface area is 81.6 Å². The Hall–Kier alpha value is -0.120. The Kier molecular flexibility index (Phi) is 6.29. The average Bonchev–Trinajstić information content (AvgIpc) is 2.02. The molecular formula is C9H14F3S. The van der Waals surface area contributed by atoms with Gasteiger partial charge in [-0.15, -0.1) is 0 Å². The Bertz CT molecular complexity index is 161. The summed E-state index contributed by atoms with van der Waals surface area (Å²) in [4.78, 5) is 0. The summed E-state index contributed by atoms with van der Waals surface area (Å²) in [6, 6.07) is 0. The summed E-state index contributed by atoms with van der Waals surface area (Å²) in [5.74, 6) is 2.32. The van der Waals surface area contributed by atoms with Crippen LogP contribution in [-0.4, -0.2) is 11.9 Å². The van der Waals surface area contributed by atoms with Gasteiger partial charge >= 0.3 is 6.18 Å². The minimum Gasteiger partial charge on any atom is -0.166 e. The van der Waals surface area contributed by atoms with Gasteiger partial charge in [0, 0.05) is 17.1 Å². The van der Waals surface area contributed by atoms with E-state index in [0.717, 1.165) is 6.42 Å². The molecule has 0 aliphatic carbocycles. The van der Waals surface area contributed by atoms with E-state index in [9.17, 15) is 13.2 Å². The van der Waals surface area contributed by atoms with Gasteiger partial charge in [-0.2, -0.15) is 24.9 Å². The Balaban J connectivity index is 3.94. The van der Waals surface area contributed by atoms with Crippen molar-refractivity contribution in [2.45, 2.75) is 32.9 Å². The third-order valence-electron chi connectivity index (χ3n) is 1.46. The largest absolute Gasteiger partial charge is 0.412 e. The Morgan fingerprint density at radius 1 is 1.31 bits per heavy atom. The summed E-state index contributed by atoms with van der Waals surface area (Å²) in [5.41, 5.74) is -0.426. The normalized spacial score (nSPS) is 13.5. The number of rotatable bonds is 5. The van der Waals surface area contributed by atoms with Crippen molar-refractivity contribution >= 4 is 11.8 Å². The van der Waals surface area contributed by atoms with Crippen LogP contribution in [0.25, 0.3) is 0 Å². The predicted molar refractivity (Wildman–Crippen MR) is 51.5 cm³/mol. The highest BCUT2D eigenvalue weighted by Crippen LogP contribution is 2.28. The SMILES string of the molecule is CC[CH]SC/C=C(/CC)C(F)(F)F. The molecule has 0 bridgehead atoms. The van der Waals surface area contributed by atoms with E-state index in [1.54, 1.807) is 0 Å². The van der Waals surface area contributed by atoms with Gasteiger partial charge in [0.25, 0.3) is 0 Å². The summed E-state index contributed by atoms with van der Waals surface area (Å²) < 4.78 is 36.4. The van der Waals surface area contributed by atoms with Crippen LogP contribution in [0.5, 0.6) is 0 Å². The number of hydrogen-bond donors (Lipinski definition) is 0. The zero-order valence-electron chi connectivity index (χ0n) is 7.82. The van der Waals surface area contributed by atoms with E-state index in [2.05, 4.69) is 0 Å². The number of thioether (sulfide) groups is 1. The fourth-order valence-corrected chi connectivity index (χ4v) is 1.46. The molecule has 0 heterocycles. The number of allylic oxidation sites excluding steroid dienone is 1. The molecule has 0 N–H and O–H groups in total. The van der Waals surface area contributed by atoms with Gasteiger partial charge in [0.1, 0.15) is 0 Å². The highest BCUT2D eigenvalue weighted by Gasteiger charge is 2.31. The van der Waals surface area contributed by atoms with Crippen LogP contribution in [0.1, 0.15) is 26.7 Å². The van der Waals surface area contributed by atoms with Gasteiger partial charge in [-0.3, -0.25) is 0 Å². The van der Waals surface area contributed by atoms with E-state index >= 15 is 0 Å². The predicted octanol–water partition coefficient (Wildman–Crippen LogP) is 4.19. The van der Waals surface area contributed by atoms with Crippen LogP contribution in [0.15, 0.2) is 11.6 Å². The molecule has 0 amide bonds. The summed E-state index contributed by atoms with van der Waals surface area (Å²) in [7, 11) is 0. The van der Waals surface area contributed by atoms with Crippen LogP contribution in [0.2, 0.25) is 0 Å². The zero-order valence-corrected chi connectivity index (χ0v) is 8.63. The van der Waals surface area contributed by atoms with Crippen molar-refractivity contribution in [2.24, 2.45) is 0 Å². The van der Waals surface area contributed by atoms with Crippen LogP contribution >= 0.6 is 11.8 Å². The fraction of sp³-hybridized carbons (Fsp3) is 0.667. The standard InChI is InChI=1S/C9H14F3S/c1-3-6-13-7-5-8(4-2)9(10,11)12/h5-6H,3-4,7H2,1-2H3/b8-5-. The zero-order chi connectivity index (χ0) is 10.3. The molecule has 0 aromatic rings. The maximum absolute atomic E-state index is 12.1. The first kappa shape index (κ1) is 12.9. The molecule has 13 heavy (non-hydrogen) atoms. The smallest absolute Gasteiger partial charge is 0.166 e. The van der Waals surface area contributed by atoms with Crippen LogP contribution < -0.4 is 0 Å². The molecule has 0 aliphatic rings. The van der Waals surface area contributed by atoms with E-state index < -0.39 is 11.7 Å². The van der Waals surface area contributed by atoms with E-state index in [0.29, 0.717) is 5.75 Å². The third kappa shape index (κ3) is 6.02. The van der Waals surface area contributed by atoms with Gasteiger partial charge in [0.2, 0.25) is 0 Å². The molecule has 0 aromatic carbocycles. The summed E-state index contributed by atoms with van der Waals surface area (Å²) in [5, 5.41) is 0. The molecular weight excluding hydrogens is 197 g/mol. The highest BCUT2D eigenvalue weighted by molar-refractivity contribution is 8.01. The molecule has 0 saturated heterocycles. The average molecular weight is 211 g/mol. The second kappa shape index (κ2) is 6.35. The first-order chi connectivity index (χ1) is 6.02. The van der Waals surface area contributed by atoms with Crippen LogP contribution in [-0.2, 0) is 0 Å². The van der Waals surface area contributed by atoms with E-state index in [4.69, 9.17) is 0 Å². The van der Waals surface area contributed by atoms with E-state index in [1.165, 1.54) is 24.8 Å². The topological polar surface area (TPSA) is 0 Å². The highest BCUT2D eigenvalue weighted by atomic mass is 32.2. The first-order valence-electron chi connectivity index (χ1n) is 4.21. The van der Waals surface area contributed by atoms with Gasteiger partial charge in [-0.1, -0.05) is 19.9 Å². The molecule has 0 aliphatic heterocycles. The lowest BCUT2D eigenvalue weighted by molar-refractivity contribution is -0.0936. The second-order valence-corrected chi connectivity index (χ2v) is 3.49. The first-order valence-corrected chi connectivity index (χ1v) is 5.26. The molecule has 77 valence electrons. The van der Waals surface area contributed by atoms with Gasteiger partial charge in [0.15, 0.2) is 0 Å².